The van der Waals surface area contributed by atoms with Gasteiger partial charge in [0, 0.05) is 18.2 Å². The van der Waals surface area contributed by atoms with Gasteiger partial charge in [-0.2, -0.15) is 0 Å². The Kier molecular flexibility index (Phi) is 3.99. The van der Waals surface area contributed by atoms with Crippen LogP contribution >= 0.6 is 0 Å². The van der Waals surface area contributed by atoms with Gasteiger partial charge in [-0.25, -0.2) is 0 Å². The van der Waals surface area contributed by atoms with Crippen LogP contribution in [0.4, 0.5) is 11.4 Å². The smallest absolute Gasteiger partial charge is 0.292 e. The van der Waals surface area contributed by atoms with Gasteiger partial charge in [0.25, 0.3) is 5.69 Å². The van der Waals surface area contributed by atoms with Crippen LogP contribution in [-0.4, -0.2) is 31.2 Å². The Morgan fingerprint density at radius 3 is 2.78 bits per heavy atom. The predicted molar refractivity (Wildman–Crippen MR) is 69.2 cm³/mol. The van der Waals surface area contributed by atoms with E-state index < -0.39 is 0 Å². The molecule has 1 aromatic carbocycles. The molecule has 0 amide bonds. The molecule has 0 atom stereocenters. The molecule has 6 nitrogen and oxygen atoms in total. The average Bonchev–Trinajstić information content (AvgIpc) is 2.39. The van der Waals surface area contributed by atoms with E-state index in [1.54, 1.807) is 19.2 Å². The van der Waals surface area contributed by atoms with Crippen LogP contribution < -0.4 is 15.4 Å². The largest absolute Gasteiger partial charge is 0.497 e. The molecule has 6 heteroatoms. The third-order valence-corrected chi connectivity index (χ3v) is 3.10. The molecule has 2 rings (SSSR count). The molecule has 1 aliphatic heterocycles. The molecule has 2 N–H and O–H groups in total. The molecule has 1 heterocycles. The molecule has 18 heavy (non-hydrogen) atoms. The van der Waals surface area contributed by atoms with Crippen LogP contribution in [-0.2, 0) is 0 Å². The maximum atomic E-state index is 11.0. The Labute approximate surface area is 105 Å². The van der Waals surface area contributed by atoms with Gasteiger partial charge >= 0.3 is 0 Å². The number of nitro groups is 1. The molecule has 0 unspecified atom stereocenters. The Bertz CT molecular complexity index is 431. The maximum Gasteiger partial charge on any atom is 0.292 e. The molecule has 1 saturated heterocycles. The summed E-state index contributed by atoms with van der Waals surface area (Å²) < 4.78 is 5.10. The number of hydrogen-bond acceptors (Lipinski definition) is 5. The molecular weight excluding hydrogens is 234 g/mol. The summed E-state index contributed by atoms with van der Waals surface area (Å²) >= 11 is 0. The SMILES string of the molecule is COc1ccc([N+](=O)[O-])c(NC2CCNCC2)c1. The Hall–Kier alpha value is -1.82. The van der Waals surface area contributed by atoms with Crippen LogP contribution in [0.2, 0.25) is 0 Å². The lowest BCUT2D eigenvalue weighted by molar-refractivity contribution is -0.384. The fraction of sp³-hybridized carbons (Fsp3) is 0.500. The lowest BCUT2D eigenvalue weighted by Gasteiger charge is -2.24. The summed E-state index contributed by atoms with van der Waals surface area (Å²) in [6.07, 6.45) is 1.93. The van der Waals surface area contributed by atoms with Crippen LogP contribution in [0.15, 0.2) is 18.2 Å². The van der Waals surface area contributed by atoms with E-state index in [0.29, 0.717) is 11.4 Å². The lowest BCUT2D eigenvalue weighted by atomic mass is 10.1. The monoisotopic (exact) mass is 251 g/mol. The van der Waals surface area contributed by atoms with Crippen LogP contribution in [0.1, 0.15) is 12.8 Å². The number of methoxy groups -OCH3 is 1. The minimum atomic E-state index is -0.372. The van der Waals surface area contributed by atoms with Crippen molar-refractivity contribution in [3.63, 3.8) is 0 Å². The lowest BCUT2D eigenvalue weighted by Crippen LogP contribution is -2.35. The van der Waals surface area contributed by atoms with Crippen LogP contribution in [0.25, 0.3) is 0 Å². The molecule has 0 saturated carbocycles. The summed E-state index contributed by atoms with van der Waals surface area (Å²) in [5.41, 5.74) is 0.626. The second-order valence-corrected chi connectivity index (χ2v) is 4.31. The predicted octanol–water partition coefficient (Wildman–Crippen LogP) is 1.77. The molecule has 98 valence electrons. The van der Waals surface area contributed by atoms with Crippen LogP contribution in [0.3, 0.4) is 0 Å². The van der Waals surface area contributed by atoms with Crippen molar-refractivity contribution in [2.45, 2.75) is 18.9 Å². The number of hydrogen-bond donors (Lipinski definition) is 2. The van der Waals surface area contributed by atoms with E-state index in [4.69, 9.17) is 4.74 Å². The number of nitrogens with zero attached hydrogens (tertiary/aromatic N) is 1. The first-order valence-corrected chi connectivity index (χ1v) is 6.00. The van der Waals surface area contributed by atoms with Gasteiger partial charge in [0.15, 0.2) is 0 Å². The summed E-state index contributed by atoms with van der Waals surface area (Å²) in [4.78, 5) is 10.6. The quantitative estimate of drug-likeness (QED) is 0.630. The Balaban J connectivity index is 2.19. The molecule has 1 fully saturated rings. The van der Waals surface area contributed by atoms with Gasteiger partial charge in [0.2, 0.25) is 0 Å². The van der Waals surface area contributed by atoms with Crippen molar-refractivity contribution < 1.29 is 9.66 Å². The fourth-order valence-corrected chi connectivity index (χ4v) is 2.10. The molecule has 1 aromatic rings. The average molecular weight is 251 g/mol. The minimum Gasteiger partial charge on any atom is -0.497 e. The number of piperidine rings is 1. The van der Waals surface area contributed by atoms with Crippen LogP contribution in [0, 0.1) is 10.1 Å². The van der Waals surface area contributed by atoms with E-state index >= 15 is 0 Å². The zero-order chi connectivity index (χ0) is 13.0. The molecule has 0 bridgehead atoms. The van der Waals surface area contributed by atoms with Crippen molar-refractivity contribution in [2.24, 2.45) is 0 Å². The van der Waals surface area contributed by atoms with Crippen molar-refractivity contribution in [1.82, 2.24) is 5.32 Å². The van der Waals surface area contributed by atoms with Gasteiger partial charge in [-0.15, -0.1) is 0 Å². The van der Waals surface area contributed by atoms with Gasteiger partial charge in [0.1, 0.15) is 11.4 Å². The third kappa shape index (κ3) is 2.89. The van der Waals surface area contributed by atoms with Gasteiger partial charge in [-0.1, -0.05) is 0 Å². The van der Waals surface area contributed by atoms with E-state index in [1.807, 2.05) is 0 Å². The molecule has 0 aromatic heterocycles. The second-order valence-electron chi connectivity index (χ2n) is 4.31. The third-order valence-electron chi connectivity index (χ3n) is 3.10. The number of anilines is 1. The summed E-state index contributed by atoms with van der Waals surface area (Å²) in [6, 6.07) is 5.03. The molecule has 0 radical (unpaired) electrons. The van der Waals surface area contributed by atoms with E-state index in [0.717, 1.165) is 25.9 Å². The second kappa shape index (κ2) is 5.68. The van der Waals surface area contributed by atoms with Crippen molar-refractivity contribution in [3.05, 3.63) is 28.3 Å². The highest BCUT2D eigenvalue weighted by atomic mass is 16.6. The Morgan fingerprint density at radius 1 is 1.44 bits per heavy atom. The zero-order valence-corrected chi connectivity index (χ0v) is 10.3. The van der Waals surface area contributed by atoms with Gasteiger partial charge < -0.3 is 15.4 Å². The van der Waals surface area contributed by atoms with Crippen molar-refractivity contribution in [3.8, 4) is 5.75 Å². The maximum absolute atomic E-state index is 11.0. The van der Waals surface area contributed by atoms with E-state index in [2.05, 4.69) is 10.6 Å². The highest BCUT2D eigenvalue weighted by Crippen LogP contribution is 2.30. The standard InChI is InChI=1S/C12H17N3O3/c1-18-10-2-3-12(15(16)17)11(8-10)14-9-4-6-13-7-5-9/h2-3,8-9,13-14H,4-7H2,1H3. The first-order valence-electron chi connectivity index (χ1n) is 6.00. The first-order chi connectivity index (χ1) is 8.70. The molecular formula is C12H17N3O3. The summed E-state index contributed by atoms with van der Waals surface area (Å²) in [5.74, 6) is 0.622. The van der Waals surface area contributed by atoms with Crippen molar-refractivity contribution in [2.75, 3.05) is 25.5 Å². The Morgan fingerprint density at radius 2 is 2.17 bits per heavy atom. The zero-order valence-electron chi connectivity index (χ0n) is 10.3. The van der Waals surface area contributed by atoms with E-state index in [-0.39, 0.29) is 16.7 Å². The van der Waals surface area contributed by atoms with Gasteiger partial charge in [-0.3, -0.25) is 10.1 Å². The number of nitrogens with one attached hydrogen (secondary N) is 2. The summed E-state index contributed by atoms with van der Waals surface area (Å²) in [7, 11) is 1.55. The molecule has 1 aliphatic rings. The van der Waals surface area contributed by atoms with Gasteiger partial charge in [0.05, 0.1) is 12.0 Å². The van der Waals surface area contributed by atoms with Gasteiger partial charge in [-0.05, 0) is 32.0 Å². The summed E-state index contributed by atoms with van der Waals surface area (Å²) in [6.45, 7) is 1.88. The fourth-order valence-electron chi connectivity index (χ4n) is 2.10. The highest BCUT2D eigenvalue weighted by molar-refractivity contribution is 5.64. The highest BCUT2D eigenvalue weighted by Gasteiger charge is 2.19. The topological polar surface area (TPSA) is 76.4 Å². The number of benzene rings is 1. The summed E-state index contributed by atoms with van der Waals surface area (Å²) in [5, 5.41) is 17.5. The number of nitro benzene ring substituents is 1. The van der Waals surface area contributed by atoms with Crippen molar-refractivity contribution >= 4 is 11.4 Å². The molecule has 0 aliphatic carbocycles. The van der Waals surface area contributed by atoms with E-state index in [9.17, 15) is 10.1 Å². The molecule has 0 spiro atoms. The van der Waals surface area contributed by atoms with Crippen LogP contribution in [0.5, 0.6) is 5.75 Å². The normalized spacial score (nSPS) is 16.3. The number of rotatable bonds is 4. The minimum absolute atomic E-state index is 0.0920. The number of ether oxygens (including phenoxy) is 1. The van der Waals surface area contributed by atoms with E-state index in [1.165, 1.54) is 6.07 Å². The first kappa shape index (κ1) is 12.6. The van der Waals surface area contributed by atoms with Crippen molar-refractivity contribution in [1.29, 1.82) is 0 Å².